The highest BCUT2D eigenvalue weighted by Gasteiger charge is 2.34. The molecule has 182 valence electrons. The fourth-order valence-corrected chi connectivity index (χ4v) is 4.21. The summed E-state index contributed by atoms with van der Waals surface area (Å²) in [6, 6.07) is 8.01. The van der Waals surface area contributed by atoms with Crippen molar-refractivity contribution < 1.29 is 18.7 Å². The Kier molecular flexibility index (Phi) is 7.04. The molecule has 0 aliphatic carbocycles. The van der Waals surface area contributed by atoms with Crippen molar-refractivity contribution in [3.63, 3.8) is 0 Å². The van der Waals surface area contributed by atoms with Gasteiger partial charge in [-0.25, -0.2) is 9.18 Å². The van der Waals surface area contributed by atoms with E-state index in [0.717, 1.165) is 5.56 Å². The number of ether oxygens (including phenoxy) is 1. The van der Waals surface area contributed by atoms with Crippen LogP contribution in [0.4, 0.5) is 20.7 Å². The molecular formula is C24H29ClFN5O3. The average Bonchev–Trinajstić information content (AvgIpc) is 2.74. The Hall–Kier alpha value is -2.78. The molecule has 2 fully saturated rings. The molecule has 0 unspecified atom stereocenters. The van der Waals surface area contributed by atoms with E-state index in [1.165, 1.54) is 17.0 Å². The van der Waals surface area contributed by atoms with E-state index in [0.29, 0.717) is 39.0 Å². The fraction of sp³-hybridized carbons (Fsp3) is 0.500. The van der Waals surface area contributed by atoms with E-state index in [1.54, 1.807) is 17.0 Å². The first-order chi connectivity index (χ1) is 16.1. The van der Waals surface area contributed by atoms with Crippen LogP contribution in [-0.2, 0) is 9.53 Å². The van der Waals surface area contributed by atoms with Crippen LogP contribution in [0.15, 0.2) is 30.3 Å². The van der Waals surface area contributed by atoms with E-state index < -0.39 is 11.4 Å². The second kappa shape index (κ2) is 9.84. The number of hydrogen-bond donors (Lipinski definition) is 1. The van der Waals surface area contributed by atoms with Crippen LogP contribution in [0.2, 0.25) is 5.15 Å². The highest BCUT2D eigenvalue weighted by atomic mass is 35.5. The van der Waals surface area contributed by atoms with Gasteiger partial charge in [-0.05, 0) is 69.4 Å². The molecule has 0 saturated carbocycles. The lowest BCUT2D eigenvalue weighted by Gasteiger charge is -2.34. The van der Waals surface area contributed by atoms with E-state index in [-0.39, 0.29) is 40.5 Å². The Bertz CT molecular complexity index is 1050. The van der Waals surface area contributed by atoms with Crippen molar-refractivity contribution in [1.29, 1.82) is 0 Å². The number of piperidine rings is 1. The Balaban J connectivity index is 1.51. The van der Waals surface area contributed by atoms with Crippen LogP contribution >= 0.6 is 11.6 Å². The zero-order valence-electron chi connectivity index (χ0n) is 19.6. The number of anilines is 2. The summed E-state index contributed by atoms with van der Waals surface area (Å²) >= 11 is 5.85. The van der Waals surface area contributed by atoms with Gasteiger partial charge in [0.05, 0.1) is 11.6 Å². The molecule has 0 atom stereocenters. The van der Waals surface area contributed by atoms with Gasteiger partial charge in [-0.15, -0.1) is 10.2 Å². The molecule has 3 heterocycles. The van der Waals surface area contributed by atoms with E-state index in [4.69, 9.17) is 16.3 Å². The fourth-order valence-electron chi connectivity index (χ4n) is 4.11. The number of rotatable bonds is 4. The molecule has 10 heteroatoms. The van der Waals surface area contributed by atoms with Crippen molar-refractivity contribution in [2.24, 2.45) is 5.92 Å². The summed E-state index contributed by atoms with van der Waals surface area (Å²) in [4.78, 5) is 28.4. The molecule has 1 aromatic carbocycles. The molecule has 0 bridgehead atoms. The summed E-state index contributed by atoms with van der Waals surface area (Å²) in [6.45, 7) is 7.68. The molecule has 2 saturated heterocycles. The van der Waals surface area contributed by atoms with Gasteiger partial charge in [-0.1, -0.05) is 17.7 Å². The maximum atomic E-state index is 15.4. The summed E-state index contributed by atoms with van der Waals surface area (Å²) in [5.74, 6) is -0.679. The number of halogens is 2. The number of nitrogens with one attached hydrogen (secondary N) is 1. The van der Waals surface area contributed by atoms with Crippen LogP contribution in [-0.4, -0.2) is 58.9 Å². The Morgan fingerprint density at radius 1 is 1.15 bits per heavy atom. The number of amides is 2. The number of carbonyl (C=O) groups excluding carboxylic acids is 2. The third-order valence-corrected chi connectivity index (χ3v) is 6.23. The molecule has 2 aromatic rings. The van der Waals surface area contributed by atoms with E-state index >= 15 is 4.39 Å². The standard InChI is InChI=1S/C24H29ClFN5O3/c1-24(2,3)34-23(33)30-10-8-15(9-11-30)16-4-5-19(18(26)12-16)31(22(32)17-13-27-14-17)21-7-6-20(25)28-29-21/h4-7,12,15,17,27H,8-11,13-14H2,1-3H3. The van der Waals surface area contributed by atoms with Gasteiger partial charge in [0.1, 0.15) is 11.4 Å². The highest BCUT2D eigenvalue weighted by molar-refractivity contribution is 6.29. The second-order valence-electron chi connectivity index (χ2n) is 9.70. The molecule has 0 radical (unpaired) electrons. The molecule has 2 aliphatic rings. The quantitative estimate of drug-likeness (QED) is 0.690. The minimum Gasteiger partial charge on any atom is -0.444 e. The zero-order valence-corrected chi connectivity index (χ0v) is 20.3. The molecule has 2 amide bonds. The highest BCUT2D eigenvalue weighted by Crippen LogP contribution is 2.34. The van der Waals surface area contributed by atoms with Crippen LogP contribution in [0.25, 0.3) is 0 Å². The summed E-state index contributed by atoms with van der Waals surface area (Å²) in [7, 11) is 0. The average molecular weight is 490 g/mol. The van der Waals surface area contributed by atoms with Gasteiger partial charge in [-0.2, -0.15) is 0 Å². The molecule has 4 rings (SSSR count). The predicted octanol–water partition coefficient (Wildman–Crippen LogP) is 4.27. The van der Waals surface area contributed by atoms with Crippen molar-refractivity contribution >= 4 is 35.1 Å². The lowest BCUT2D eigenvalue weighted by Crippen LogP contribution is -2.51. The van der Waals surface area contributed by atoms with Crippen molar-refractivity contribution in [3.05, 3.63) is 46.9 Å². The van der Waals surface area contributed by atoms with Gasteiger partial charge in [0, 0.05) is 26.2 Å². The molecule has 1 aromatic heterocycles. The summed E-state index contributed by atoms with van der Waals surface area (Å²) in [5.41, 5.74) is 0.425. The predicted molar refractivity (Wildman–Crippen MR) is 127 cm³/mol. The molecule has 2 aliphatic heterocycles. The van der Waals surface area contributed by atoms with Crippen LogP contribution in [0.5, 0.6) is 0 Å². The van der Waals surface area contributed by atoms with Crippen LogP contribution < -0.4 is 10.2 Å². The molecule has 1 N–H and O–H groups in total. The summed E-state index contributed by atoms with van der Waals surface area (Å²) < 4.78 is 20.8. The lowest BCUT2D eigenvalue weighted by atomic mass is 9.89. The van der Waals surface area contributed by atoms with Gasteiger partial charge < -0.3 is 15.0 Å². The number of benzene rings is 1. The summed E-state index contributed by atoms with van der Waals surface area (Å²) in [6.07, 6.45) is 1.09. The maximum absolute atomic E-state index is 15.4. The van der Waals surface area contributed by atoms with Crippen molar-refractivity contribution in [2.75, 3.05) is 31.1 Å². The van der Waals surface area contributed by atoms with Crippen molar-refractivity contribution in [2.45, 2.75) is 45.1 Å². The van der Waals surface area contributed by atoms with Gasteiger partial charge in [0.15, 0.2) is 11.0 Å². The second-order valence-corrected chi connectivity index (χ2v) is 10.1. The largest absolute Gasteiger partial charge is 0.444 e. The first-order valence-electron chi connectivity index (χ1n) is 11.4. The summed E-state index contributed by atoms with van der Waals surface area (Å²) in [5, 5.41) is 11.1. The van der Waals surface area contributed by atoms with Crippen molar-refractivity contribution in [1.82, 2.24) is 20.4 Å². The Morgan fingerprint density at radius 3 is 2.38 bits per heavy atom. The SMILES string of the molecule is CC(C)(C)OC(=O)N1CCC(c2ccc(N(C(=O)C3CNC3)c3ccc(Cl)nn3)c(F)c2)CC1. The zero-order chi connectivity index (χ0) is 24.5. The number of likely N-dealkylation sites (tertiary alicyclic amines) is 1. The monoisotopic (exact) mass is 489 g/mol. The number of carbonyl (C=O) groups is 2. The lowest BCUT2D eigenvalue weighted by molar-refractivity contribution is -0.123. The number of nitrogens with zero attached hydrogens (tertiary/aromatic N) is 4. The van der Waals surface area contributed by atoms with E-state index in [9.17, 15) is 9.59 Å². The van der Waals surface area contributed by atoms with E-state index in [2.05, 4.69) is 15.5 Å². The van der Waals surface area contributed by atoms with Crippen LogP contribution in [0.1, 0.15) is 45.1 Å². The van der Waals surface area contributed by atoms with Gasteiger partial charge >= 0.3 is 6.09 Å². The Morgan fingerprint density at radius 2 is 1.85 bits per heavy atom. The molecule has 8 nitrogen and oxygen atoms in total. The van der Waals surface area contributed by atoms with Gasteiger partial charge in [-0.3, -0.25) is 9.69 Å². The minimum atomic E-state index is -0.541. The third kappa shape index (κ3) is 5.47. The minimum absolute atomic E-state index is 0.109. The third-order valence-electron chi connectivity index (χ3n) is 6.03. The normalized spacial score (nSPS) is 17.3. The van der Waals surface area contributed by atoms with E-state index in [1.807, 2.05) is 26.8 Å². The first kappa shape index (κ1) is 24.3. The molecule has 0 spiro atoms. The van der Waals surface area contributed by atoms with Gasteiger partial charge in [0.2, 0.25) is 5.91 Å². The smallest absolute Gasteiger partial charge is 0.410 e. The number of hydrogen-bond acceptors (Lipinski definition) is 6. The number of aromatic nitrogens is 2. The van der Waals surface area contributed by atoms with Crippen LogP contribution in [0.3, 0.4) is 0 Å². The van der Waals surface area contributed by atoms with Gasteiger partial charge in [0.25, 0.3) is 0 Å². The first-order valence-corrected chi connectivity index (χ1v) is 11.8. The van der Waals surface area contributed by atoms with Crippen molar-refractivity contribution in [3.8, 4) is 0 Å². The molecule has 34 heavy (non-hydrogen) atoms. The Labute approximate surface area is 203 Å². The maximum Gasteiger partial charge on any atom is 0.410 e. The van der Waals surface area contributed by atoms with Crippen LogP contribution in [0, 0.1) is 11.7 Å². The molecular weight excluding hydrogens is 461 g/mol. The topological polar surface area (TPSA) is 87.7 Å².